The Labute approximate surface area is 118 Å². The zero-order valence-electron chi connectivity index (χ0n) is 11.6. The molecular formula is C14H18N4S. The van der Waals surface area contributed by atoms with Gasteiger partial charge < -0.3 is 5.32 Å². The summed E-state index contributed by atoms with van der Waals surface area (Å²) in [4.78, 5) is 13.3. The molecular weight excluding hydrogens is 256 g/mol. The molecule has 0 spiro atoms. The van der Waals surface area contributed by atoms with Crippen molar-refractivity contribution >= 4 is 11.8 Å². The molecule has 2 heterocycles. The Morgan fingerprint density at radius 3 is 2.53 bits per heavy atom. The third kappa shape index (κ3) is 3.52. The van der Waals surface area contributed by atoms with Crippen molar-refractivity contribution in [1.82, 2.24) is 20.3 Å². The molecule has 100 valence electrons. The van der Waals surface area contributed by atoms with Crippen molar-refractivity contribution in [3.05, 3.63) is 41.3 Å². The number of aromatic nitrogens is 3. The summed E-state index contributed by atoms with van der Waals surface area (Å²) in [5.41, 5.74) is 3.13. The van der Waals surface area contributed by atoms with Gasteiger partial charge in [-0.05, 0) is 51.7 Å². The molecule has 0 amide bonds. The first kappa shape index (κ1) is 14.0. The van der Waals surface area contributed by atoms with Gasteiger partial charge in [0.1, 0.15) is 5.03 Å². The fourth-order valence-electron chi connectivity index (χ4n) is 1.80. The van der Waals surface area contributed by atoms with Gasteiger partial charge in [-0.1, -0.05) is 6.07 Å². The standard InChI is InChI=1S/C14H18N4S/c1-9-8-10(2)18-14(17-9)19-13-12(11(3)15-4)6-5-7-16-13/h5-8,11,15H,1-4H3. The fourth-order valence-corrected chi connectivity index (χ4v) is 2.83. The average Bonchev–Trinajstić information content (AvgIpc) is 2.37. The van der Waals surface area contributed by atoms with Gasteiger partial charge in [0.15, 0.2) is 5.16 Å². The van der Waals surface area contributed by atoms with Crippen LogP contribution in [0.4, 0.5) is 0 Å². The van der Waals surface area contributed by atoms with Crippen LogP contribution in [0.25, 0.3) is 0 Å². The molecule has 0 radical (unpaired) electrons. The minimum absolute atomic E-state index is 0.252. The van der Waals surface area contributed by atoms with E-state index in [-0.39, 0.29) is 6.04 Å². The summed E-state index contributed by atoms with van der Waals surface area (Å²) >= 11 is 1.51. The first-order valence-corrected chi connectivity index (χ1v) is 7.04. The minimum atomic E-state index is 0.252. The van der Waals surface area contributed by atoms with E-state index in [4.69, 9.17) is 0 Å². The van der Waals surface area contributed by atoms with Crippen LogP contribution < -0.4 is 5.32 Å². The normalized spacial score (nSPS) is 12.4. The second-order valence-corrected chi connectivity index (χ2v) is 5.40. The van der Waals surface area contributed by atoms with Crippen LogP contribution in [0.15, 0.2) is 34.6 Å². The molecule has 1 unspecified atom stereocenters. The molecule has 2 aromatic heterocycles. The van der Waals surface area contributed by atoms with Gasteiger partial charge in [0.25, 0.3) is 0 Å². The van der Waals surface area contributed by atoms with Gasteiger partial charge in [-0.3, -0.25) is 0 Å². The summed E-state index contributed by atoms with van der Waals surface area (Å²) < 4.78 is 0. The largest absolute Gasteiger partial charge is 0.313 e. The number of hydrogen-bond acceptors (Lipinski definition) is 5. The molecule has 0 bridgehead atoms. The number of aryl methyl sites for hydroxylation is 2. The fraction of sp³-hybridized carbons (Fsp3) is 0.357. The molecule has 2 aromatic rings. The SMILES string of the molecule is CNC(C)c1cccnc1Sc1nc(C)cc(C)n1. The highest BCUT2D eigenvalue weighted by Crippen LogP contribution is 2.29. The van der Waals surface area contributed by atoms with Gasteiger partial charge >= 0.3 is 0 Å². The predicted molar refractivity (Wildman–Crippen MR) is 77.3 cm³/mol. The van der Waals surface area contributed by atoms with Crippen LogP contribution in [0.1, 0.15) is 29.9 Å². The zero-order valence-corrected chi connectivity index (χ0v) is 12.5. The van der Waals surface area contributed by atoms with E-state index in [1.165, 1.54) is 11.8 Å². The molecule has 2 rings (SSSR count). The van der Waals surface area contributed by atoms with E-state index < -0.39 is 0 Å². The van der Waals surface area contributed by atoms with Crippen LogP contribution in [0, 0.1) is 13.8 Å². The molecule has 5 heteroatoms. The molecule has 19 heavy (non-hydrogen) atoms. The molecule has 1 atom stereocenters. The first-order chi connectivity index (χ1) is 9.10. The highest BCUT2D eigenvalue weighted by Gasteiger charge is 2.12. The van der Waals surface area contributed by atoms with Crippen molar-refractivity contribution in [3.63, 3.8) is 0 Å². The number of rotatable bonds is 4. The van der Waals surface area contributed by atoms with Crippen molar-refractivity contribution in [2.75, 3.05) is 7.05 Å². The summed E-state index contributed by atoms with van der Waals surface area (Å²) in [7, 11) is 1.94. The van der Waals surface area contributed by atoms with Crippen LogP contribution in [-0.2, 0) is 0 Å². The molecule has 0 saturated heterocycles. The summed E-state index contributed by atoms with van der Waals surface area (Å²) in [5, 5.41) is 4.94. The van der Waals surface area contributed by atoms with E-state index in [2.05, 4.69) is 33.3 Å². The Hall–Kier alpha value is -1.46. The number of hydrogen-bond donors (Lipinski definition) is 1. The first-order valence-electron chi connectivity index (χ1n) is 6.22. The monoisotopic (exact) mass is 274 g/mol. The van der Waals surface area contributed by atoms with Gasteiger partial charge in [0, 0.05) is 29.2 Å². The lowest BCUT2D eigenvalue weighted by Crippen LogP contribution is -2.13. The molecule has 0 aromatic carbocycles. The van der Waals surface area contributed by atoms with E-state index in [1.54, 1.807) is 6.20 Å². The quantitative estimate of drug-likeness (QED) is 0.869. The maximum absolute atomic E-state index is 4.45. The van der Waals surface area contributed by atoms with E-state index >= 15 is 0 Å². The van der Waals surface area contributed by atoms with E-state index in [0.29, 0.717) is 0 Å². The molecule has 1 N–H and O–H groups in total. The number of nitrogens with one attached hydrogen (secondary N) is 1. The van der Waals surface area contributed by atoms with Crippen LogP contribution in [0.2, 0.25) is 0 Å². The van der Waals surface area contributed by atoms with Gasteiger partial charge in [-0.25, -0.2) is 15.0 Å². The van der Waals surface area contributed by atoms with Crippen molar-refractivity contribution in [2.24, 2.45) is 0 Å². The smallest absolute Gasteiger partial charge is 0.194 e. The summed E-state index contributed by atoms with van der Waals surface area (Å²) in [6, 6.07) is 6.26. The van der Waals surface area contributed by atoms with Crippen molar-refractivity contribution in [2.45, 2.75) is 37.0 Å². The van der Waals surface area contributed by atoms with Gasteiger partial charge in [0.2, 0.25) is 0 Å². The molecule has 4 nitrogen and oxygen atoms in total. The lowest BCUT2D eigenvalue weighted by molar-refractivity contribution is 0.634. The number of nitrogens with zero attached hydrogens (tertiary/aromatic N) is 3. The molecule has 0 fully saturated rings. The van der Waals surface area contributed by atoms with Gasteiger partial charge in [0.05, 0.1) is 0 Å². The van der Waals surface area contributed by atoms with Crippen molar-refractivity contribution < 1.29 is 0 Å². The zero-order chi connectivity index (χ0) is 13.8. The second-order valence-electron chi connectivity index (χ2n) is 4.44. The average molecular weight is 274 g/mol. The van der Waals surface area contributed by atoms with Crippen molar-refractivity contribution in [3.8, 4) is 0 Å². The molecule has 0 aliphatic carbocycles. The Morgan fingerprint density at radius 1 is 1.21 bits per heavy atom. The third-order valence-electron chi connectivity index (χ3n) is 2.85. The lowest BCUT2D eigenvalue weighted by atomic mass is 10.1. The summed E-state index contributed by atoms with van der Waals surface area (Å²) in [5.74, 6) is 0. The Kier molecular flexibility index (Phi) is 4.50. The van der Waals surface area contributed by atoms with Crippen LogP contribution in [0.5, 0.6) is 0 Å². The summed E-state index contributed by atoms with van der Waals surface area (Å²) in [6.07, 6.45) is 1.80. The maximum atomic E-state index is 4.45. The highest BCUT2D eigenvalue weighted by molar-refractivity contribution is 7.99. The number of pyridine rings is 1. The predicted octanol–water partition coefficient (Wildman–Crippen LogP) is 2.92. The Morgan fingerprint density at radius 2 is 1.89 bits per heavy atom. The topological polar surface area (TPSA) is 50.7 Å². The lowest BCUT2D eigenvalue weighted by Gasteiger charge is -2.13. The maximum Gasteiger partial charge on any atom is 0.194 e. The Balaban J connectivity index is 2.32. The molecule has 0 saturated carbocycles. The van der Waals surface area contributed by atoms with Gasteiger partial charge in [-0.2, -0.15) is 0 Å². The van der Waals surface area contributed by atoms with Crippen LogP contribution in [-0.4, -0.2) is 22.0 Å². The third-order valence-corrected chi connectivity index (χ3v) is 3.75. The second kappa shape index (κ2) is 6.12. The van der Waals surface area contributed by atoms with Crippen LogP contribution in [0.3, 0.4) is 0 Å². The molecule has 0 aliphatic heterocycles. The minimum Gasteiger partial charge on any atom is -0.313 e. The van der Waals surface area contributed by atoms with Crippen LogP contribution >= 0.6 is 11.8 Å². The van der Waals surface area contributed by atoms with E-state index in [0.717, 1.165) is 27.1 Å². The van der Waals surface area contributed by atoms with E-state index in [1.807, 2.05) is 33.0 Å². The Bertz CT molecular complexity index is 551. The van der Waals surface area contributed by atoms with Gasteiger partial charge in [-0.15, -0.1) is 0 Å². The van der Waals surface area contributed by atoms with Crippen molar-refractivity contribution in [1.29, 1.82) is 0 Å². The summed E-state index contributed by atoms with van der Waals surface area (Å²) in [6.45, 7) is 6.08. The highest BCUT2D eigenvalue weighted by atomic mass is 32.2. The van der Waals surface area contributed by atoms with E-state index in [9.17, 15) is 0 Å². The molecule has 0 aliphatic rings.